The SMILES string of the molecule is CC1(C)c2ccccc2-c2c(-c3ccccc3N(c3ccccc3-c3ccccc3)c3cccc4c3sc3ccccc34)cccc21. The van der Waals surface area contributed by atoms with Crippen molar-refractivity contribution in [2.24, 2.45) is 0 Å². The molecule has 7 aromatic carbocycles. The molecule has 0 saturated heterocycles. The maximum Gasteiger partial charge on any atom is 0.0640 e. The molecule has 8 aromatic rings. The lowest BCUT2D eigenvalue weighted by atomic mass is 9.82. The summed E-state index contributed by atoms with van der Waals surface area (Å²) in [6, 6.07) is 60.0. The average Bonchev–Trinajstić information content (AvgIpc) is 3.62. The van der Waals surface area contributed by atoms with Gasteiger partial charge in [0, 0.05) is 32.0 Å². The Morgan fingerprint density at radius 1 is 0.426 bits per heavy atom. The fourth-order valence-electron chi connectivity index (χ4n) is 7.70. The Bertz CT molecular complexity index is 2450. The molecule has 0 fully saturated rings. The van der Waals surface area contributed by atoms with Gasteiger partial charge in [-0.2, -0.15) is 0 Å². The molecule has 1 aromatic heterocycles. The van der Waals surface area contributed by atoms with E-state index in [0.717, 1.165) is 11.4 Å². The lowest BCUT2D eigenvalue weighted by Gasteiger charge is -2.31. The monoisotopic (exact) mass is 619 g/mol. The Kier molecular flexibility index (Phi) is 6.41. The molecule has 0 bridgehead atoms. The number of hydrogen-bond donors (Lipinski definition) is 0. The van der Waals surface area contributed by atoms with Crippen LogP contribution in [0.15, 0.2) is 164 Å². The summed E-state index contributed by atoms with van der Waals surface area (Å²) >= 11 is 1.88. The molecule has 9 rings (SSSR count). The van der Waals surface area contributed by atoms with Crippen molar-refractivity contribution in [3.05, 3.63) is 175 Å². The third-order valence-corrected chi connectivity index (χ3v) is 11.1. The van der Waals surface area contributed by atoms with Crippen LogP contribution in [0.3, 0.4) is 0 Å². The molecule has 1 nitrogen and oxygen atoms in total. The van der Waals surface area contributed by atoms with E-state index >= 15 is 0 Å². The topological polar surface area (TPSA) is 3.24 Å². The Morgan fingerprint density at radius 2 is 0.979 bits per heavy atom. The van der Waals surface area contributed by atoms with Crippen LogP contribution >= 0.6 is 11.3 Å². The van der Waals surface area contributed by atoms with Crippen molar-refractivity contribution < 1.29 is 0 Å². The molecule has 224 valence electrons. The summed E-state index contributed by atoms with van der Waals surface area (Å²) < 4.78 is 2.59. The summed E-state index contributed by atoms with van der Waals surface area (Å²) in [5, 5.41) is 2.60. The predicted octanol–water partition coefficient (Wildman–Crippen LogP) is 13.2. The third kappa shape index (κ3) is 4.29. The molecule has 0 atom stereocenters. The van der Waals surface area contributed by atoms with Gasteiger partial charge in [0.25, 0.3) is 0 Å². The molecule has 2 heteroatoms. The van der Waals surface area contributed by atoms with E-state index in [2.05, 4.69) is 183 Å². The molecule has 0 amide bonds. The quantitative estimate of drug-likeness (QED) is 0.185. The molecule has 0 spiro atoms. The second kappa shape index (κ2) is 10.8. The van der Waals surface area contributed by atoms with Crippen molar-refractivity contribution in [2.45, 2.75) is 19.3 Å². The number of benzene rings is 7. The van der Waals surface area contributed by atoms with Gasteiger partial charge < -0.3 is 4.90 Å². The predicted molar refractivity (Wildman–Crippen MR) is 202 cm³/mol. The van der Waals surface area contributed by atoms with Gasteiger partial charge in [-0.15, -0.1) is 11.3 Å². The van der Waals surface area contributed by atoms with E-state index in [1.54, 1.807) is 0 Å². The van der Waals surface area contributed by atoms with Crippen molar-refractivity contribution >= 4 is 48.6 Å². The van der Waals surface area contributed by atoms with Gasteiger partial charge in [0.15, 0.2) is 0 Å². The highest BCUT2D eigenvalue weighted by atomic mass is 32.1. The number of anilines is 3. The van der Waals surface area contributed by atoms with E-state index < -0.39 is 0 Å². The van der Waals surface area contributed by atoms with Crippen molar-refractivity contribution in [3.8, 4) is 33.4 Å². The zero-order valence-electron chi connectivity index (χ0n) is 26.4. The number of fused-ring (bicyclic) bond motifs is 6. The zero-order valence-corrected chi connectivity index (χ0v) is 27.3. The smallest absolute Gasteiger partial charge is 0.0640 e. The van der Waals surface area contributed by atoms with Gasteiger partial charge >= 0.3 is 0 Å². The molecule has 0 radical (unpaired) electrons. The maximum absolute atomic E-state index is 2.51. The Hall–Kier alpha value is -5.44. The highest BCUT2D eigenvalue weighted by Crippen LogP contribution is 2.55. The molecule has 1 aliphatic carbocycles. The summed E-state index contributed by atoms with van der Waals surface area (Å²) in [7, 11) is 0. The summed E-state index contributed by atoms with van der Waals surface area (Å²) in [6.45, 7) is 4.72. The van der Waals surface area contributed by atoms with E-state index in [1.807, 2.05) is 11.3 Å². The van der Waals surface area contributed by atoms with Crippen LogP contribution in [0.4, 0.5) is 17.1 Å². The molecular formula is C45H33NS. The average molecular weight is 620 g/mol. The molecule has 0 N–H and O–H groups in total. The summed E-state index contributed by atoms with van der Waals surface area (Å²) in [5.74, 6) is 0. The number of thiophene rings is 1. The van der Waals surface area contributed by atoms with Crippen LogP contribution in [-0.2, 0) is 5.41 Å². The van der Waals surface area contributed by atoms with E-state index in [4.69, 9.17) is 0 Å². The summed E-state index contributed by atoms with van der Waals surface area (Å²) in [4.78, 5) is 2.51. The van der Waals surface area contributed by atoms with Gasteiger partial charge in [-0.1, -0.05) is 153 Å². The van der Waals surface area contributed by atoms with Crippen LogP contribution in [0, 0.1) is 0 Å². The van der Waals surface area contributed by atoms with Crippen molar-refractivity contribution in [2.75, 3.05) is 4.90 Å². The lowest BCUT2D eigenvalue weighted by molar-refractivity contribution is 0.660. The normalized spacial score (nSPS) is 13.1. The van der Waals surface area contributed by atoms with E-state index in [1.165, 1.54) is 70.4 Å². The number of rotatable bonds is 5. The largest absolute Gasteiger partial charge is 0.308 e. The van der Waals surface area contributed by atoms with Gasteiger partial charge in [-0.25, -0.2) is 0 Å². The molecular weight excluding hydrogens is 587 g/mol. The standard InChI is InChI=1S/C45H33NS/c1-45(2)37-24-10-6-21-36(37)43-34(22-14-25-38(43)45)32-19-8-12-27-40(32)46(39-26-11-7-18-31(39)30-16-4-3-5-17-30)41-28-15-23-35-33-20-9-13-29-42(33)47-44(35)41/h3-29H,1-2H3. The van der Waals surface area contributed by atoms with Gasteiger partial charge in [0.2, 0.25) is 0 Å². The van der Waals surface area contributed by atoms with Gasteiger partial charge in [0.1, 0.15) is 0 Å². The Balaban J connectivity index is 1.37. The van der Waals surface area contributed by atoms with Crippen molar-refractivity contribution in [1.82, 2.24) is 0 Å². The van der Waals surface area contributed by atoms with E-state index in [0.29, 0.717) is 0 Å². The minimum absolute atomic E-state index is 0.0703. The minimum atomic E-state index is -0.0703. The number of hydrogen-bond acceptors (Lipinski definition) is 2. The fourth-order valence-corrected chi connectivity index (χ4v) is 8.91. The van der Waals surface area contributed by atoms with E-state index in [9.17, 15) is 0 Å². The second-order valence-corrected chi connectivity index (χ2v) is 13.9. The Morgan fingerprint density at radius 3 is 1.81 bits per heavy atom. The molecule has 0 unspecified atom stereocenters. The first-order valence-electron chi connectivity index (χ1n) is 16.3. The van der Waals surface area contributed by atoms with E-state index in [-0.39, 0.29) is 5.41 Å². The molecule has 0 aliphatic heterocycles. The zero-order chi connectivity index (χ0) is 31.5. The van der Waals surface area contributed by atoms with Crippen LogP contribution in [0.5, 0.6) is 0 Å². The highest BCUT2D eigenvalue weighted by molar-refractivity contribution is 7.26. The summed E-state index contributed by atoms with van der Waals surface area (Å²) in [6.07, 6.45) is 0. The van der Waals surface area contributed by atoms with Crippen LogP contribution in [0.1, 0.15) is 25.0 Å². The van der Waals surface area contributed by atoms with Crippen molar-refractivity contribution in [1.29, 1.82) is 0 Å². The van der Waals surface area contributed by atoms with Crippen LogP contribution in [0.25, 0.3) is 53.6 Å². The van der Waals surface area contributed by atoms with Gasteiger partial charge in [-0.05, 0) is 57.6 Å². The number of para-hydroxylation sites is 2. The second-order valence-electron chi connectivity index (χ2n) is 12.9. The van der Waals surface area contributed by atoms with Crippen LogP contribution < -0.4 is 4.90 Å². The molecule has 0 saturated carbocycles. The summed E-state index contributed by atoms with van der Waals surface area (Å²) in [5.41, 5.74) is 13.8. The first-order valence-corrected chi connectivity index (χ1v) is 17.1. The molecule has 1 heterocycles. The highest BCUT2D eigenvalue weighted by Gasteiger charge is 2.37. The minimum Gasteiger partial charge on any atom is -0.308 e. The first kappa shape index (κ1) is 27.8. The van der Waals surface area contributed by atoms with Gasteiger partial charge in [-0.3, -0.25) is 0 Å². The number of nitrogens with zero attached hydrogens (tertiary/aromatic N) is 1. The van der Waals surface area contributed by atoms with Crippen LogP contribution in [-0.4, -0.2) is 0 Å². The van der Waals surface area contributed by atoms with Crippen molar-refractivity contribution in [3.63, 3.8) is 0 Å². The lowest BCUT2D eigenvalue weighted by Crippen LogP contribution is -2.15. The molecule has 1 aliphatic rings. The van der Waals surface area contributed by atoms with Crippen LogP contribution in [0.2, 0.25) is 0 Å². The fraction of sp³-hybridized carbons (Fsp3) is 0.0667. The van der Waals surface area contributed by atoms with Gasteiger partial charge in [0.05, 0.1) is 21.8 Å². The molecule has 47 heavy (non-hydrogen) atoms. The third-order valence-electron chi connectivity index (χ3n) is 9.90. The first-order chi connectivity index (χ1) is 23.1. The Labute approximate surface area is 280 Å². The maximum atomic E-state index is 2.51.